The molecule has 0 saturated carbocycles. The van der Waals surface area contributed by atoms with Gasteiger partial charge >= 0.3 is 0 Å². The number of amides is 1. The maximum atomic E-state index is 12.7. The average Bonchev–Trinajstić information content (AvgIpc) is 3.27. The van der Waals surface area contributed by atoms with Crippen molar-refractivity contribution in [1.29, 1.82) is 0 Å². The van der Waals surface area contributed by atoms with Gasteiger partial charge in [-0.1, -0.05) is 6.07 Å². The van der Waals surface area contributed by atoms with Crippen LogP contribution in [0.5, 0.6) is 5.88 Å². The van der Waals surface area contributed by atoms with E-state index in [0.717, 1.165) is 44.7 Å². The maximum absolute atomic E-state index is 12.7. The van der Waals surface area contributed by atoms with E-state index in [-0.39, 0.29) is 17.4 Å². The van der Waals surface area contributed by atoms with Crippen molar-refractivity contribution >= 4 is 5.91 Å². The lowest BCUT2D eigenvalue weighted by Crippen LogP contribution is -2.44. The number of ether oxygens (including phenoxy) is 2. The summed E-state index contributed by atoms with van der Waals surface area (Å²) in [5.74, 6) is 0.765. The Morgan fingerprint density at radius 2 is 2.15 bits per heavy atom. The number of nitrogens with zero attached hydrogens (tertiary/aromatic N) is 3. The molecule has 2 fully saturated rings. The highest BCUT2D eigenvalue weighted by molar-refractivity contribution is 5.92. The largest absolute Gasteiger partial charge is 0.475 e. The van der Waals surface area contributed by atoms with Crippen molar-refractivity contribution in [2.24, 2.45) is 12.5 Å². The fraction of sp³-hybridized carbons (Fsp3) is 0.500. The molecule has 6 nitrogen and oxygen atoms in total. The van der Waals surface area contributed by atoms with Crippen LogP contribution in [0.2, 0.25) is 0 Å². The van der Waals surface area contributed by atoms with Gasteiger partial charge in [0.1, 0.15) is 12.3 Å². The summed E-state index contributed by atoms with van der Waals surface area (Å²) in [5, 5.41) is 0. The first-order valence-corrected chi connectivity index (χ1v) is 9.21. The molecule has 1 spiro atoms. The lowest BCUT2D eigenvalue weighted by Gasteiger charge is -2.38. The van der Waals surface area contributed by atoms with Crippen LogP contribution in [0.3, 0.4) is 0 Å². The summed E-state index contributed by atoms with van der Waals surface area (Å²) >= 11 is 0. The van der Waals surface area contributed by atoms with Gasteiger partial charge in [0, 0.05) is 38.6 Å². The summed E-state index contributed by atoms with van der Waals surface area (Å²) in [7, 11) is 1.91. The Morgan fingerprint density at radius 1 is 1.31 bits per heavy atom. The van der Waals surface area contributed by atoms with Gasteiger partial charge in [-0.2, -0.15) is 0 Å². The number of rotatable bonds is 4. The fourth-order valence-electron chi connectivity index (χ4n) is 3.99. The van der Waals surface area contributed by atoms with E-state index in [2.05, 4.69) is 4.98 Å². The molecule has 0 radical (unpaired) electrons. The van der Waals surface area contributed by atoms with Crippen molar-refractivity contribution < 1.29 is 14.3 Å². The van der Waals surface area contributed by atoms with Crippen LogP contribution in [0.15, 0.2) is 42.7 Å². The minimum atomic E-state index is 0.104. The van der Waals surface area contributed by atoms with Gasteiger partial charge in [0.05, 0.1) is 12.7 Å². The Hall–Kier alpha value is -2.34. The van der Waals surface area contributed by atoms with Gasteiger partial charge in [0.25, 0.3) is 5.91 Å². The summed E-state index contributed by atoms with van der Waals surface area (Å²) in [5.41, 5.74) is 0.939. The molecule has 26 heavy (non-hydrogen) atoms. The minimum Gasteiger partial charge on any atom is -0.475 e. The van der Waals surface area contributed by atoms with Crippen molar-refractivity contribution in [1.82, 2.24) is 14.5 Å². The highest BCUT2D eigenvalue weighted by Gasteiger charge is 2.43. The molecule has 2 aliphatic heterocycles. The predicted octanol–water partition coefficient (Wildman–Crippen LogP) is 2.51. The second-order valence-corrected chi connectivity index (χ2v) is 7.41. The molecule has 1 atom stereocenters. The van der Waals surface area contributed by atoms with E-state index in [1.165, 1.54) is 0 Å². The van der Waals surface area contributed by atoms with Gasteiger partial charge in [-0.05, 0) is 42.9 Å². The number of likely N-dealkylation sites (tertiary alicyclic amines) is 1. The Bertz CT molecular complexity index is 751. The van der Waals surface area contributed by atoms with Crippen molar-refractivity contribution in [3.8, 4) is 5.88 Å². The lowest BCUT2D eigenvalue weighted by atomic mass is 9.76. The smallest absolute Gasteiger partial charge is 0.270 e. The standard InChI is InChI=1S/C20H25N3O3/c1-22-10-4-5-17(22)19(24)23-11-7-20(8-12-23)13-16(26-15-20)14-25-18-6-2-3-9-21-18/h2-6,9-10,16H,7-8,11-15H2,1H3/t16-/m0/s1. The lowest BCUT2D eigenvalue weighted by molar-refractivity contribution is 0.0419. The number of piperidine rings is 1. The van der Waals surface area contributed by atoms with Gasteiger partial charge in [-0.15, -0.1) is 0 Å². The monoisotopic (exact) mass is 355 g/mol. The number of aromatic nitrogens is 2. The van der Waals surface area contributed by atoms with Gasteiger partial charge in [0.15, 0.2) is 0 Å². The zero-order valence-electron chi connectivity index (χ0n) is 15.1. The van der Waals surface area contributed by atoms with Gasteiger partial charge in [-0.25, -0.2) is 4.98 Å². The third kappa shape index (κ3) is 3.46. The number of hydrogen-bond acceptors (Lipinski definition) is 4. The normalized spacial score (nSPS) is 21.9. The molecule has 1 amide bonds. The highest BCUT2D eigenvalue weighted by atomic mass is 16.5. The third-order valence-electron chi connectivity index (χ3n) is 5.61. The first-order chi connectivity index (χ1) is 12.7. The molecule has 0 aliphatic carbocycles. The molecule has 0 aromatic carbocycles. The first kappa shape index (κ1) is 17.1. The van der Waals surface area contributed by atoms with Crippen LogP contribution in [-0.2, 0) is 11.8 Å². The number of pyridine rings is 1. The van der Waals surface area contributed by atoms with E-state index in [1.807, 2.05) is 53.0 Å². The first-order valence-electron chi connectivity index (χ1n) is 9.21. The number of carbonyl (C=O) groups is 1. The van der Waals surface area contributed by atoms with E-state index in [0.29, 0.717) is 12.5 Å². The zero-order valence-corrected chi connectivity index (χ0v) is 15.1. The molecular formula is C20H25N3O3. The molecular weight excluding hydrogens is 330 g/mol. The molecule has 4 rings (SSSR count). The van der Waals surface area contributed by atoms with Gasteiger partial charge in [0.2, 0.25) is 5.88 Å². The van der Waals surface area contributed by atoms with Crippen LogP contribution in [0, 0.1) is 5.41 Å². The van der Waals surface area contributed by atoms with Crippen molar-refractivity contribution in [3.05, 3.63) is 48.4 Å². The Balaban J connectivity index is 1.29. The molecule has 2 aromatic heterocycles. The molecule has 2 saturated heterocycles. The highest BCUT2D eigenvalue weighted by Crippen LogP contribution is 2.42. The predicted molar refractivity (Wildman–Crippen MR) is 97.1 cm³/mol. The van der Waals surface area contributed by atoms with Crippen LogP contribution in [0.1, 0.15) is 29.8 Å². The SMILES string of the molecule is Cn1cccc1C(=O)N1CCC2(CC1)CO[C@H](COc1ccccn1)C2. The zero-order chi connectivity index (χ0) is 18.0. The Morgan fingerprint density at radius 3 is 2.85 bits per heavy atom. The topological polar surface area (TPSA) is 56.6 Å². The summed E-state index contributed by atoms with van der Waals surface area (Å²) in [6.07, 6.45) is 6.71. The van der Waals surface area contributed by atoms with Crippen LogP contribution in [0.4, 0.5) is 0 Å². The van der Waals surface area contributed by atoms with E-state index in [1.54, 1.807) is 6.20 Å². The van der Waals surface area contributed by atoms with Gasteiger partial charge in [-0.3, -0.25) is 4.79 Å². The van der Waals surface area contributed by atoms with Crippen LogP contribution >= 0.6 is 0 Å². The Kier molecular flexibility index (Phi) is 4.68. The molecule has 6 heteroatoms. The van der Waals surface area contributed by atoms with E-state index >= 15 is 0 Å². The number of aryl methyl sites for hydroxylation is 1. The van der Waals surface area contributed by atoms with Crippen LogP contribution in [0.25, 0.3) is 0 Å². The van der Waals surface area contributed by atoms with Crippen LogP contribution < -0.4 is 4.74 Å². The molecule has 2 aliphatic rings. The molecule has 0 unspecified atom stereocenters. The summed E-state index contributed by atoms with van der Waals surface area (Å²) in [6, 6.07) is 9.45. The summed E-state index contributed by atoms with van der Waals surface area (Å²) in [4.78, 5) is 18.8. The quantitative estimate of drug-likeness (QED) is 0.846. The van der Waals surface area contributed by atoms with Gasteiger partial charge < -0.3 is 18.9 Å². The maximum Gasteiger partial charge on any atom is 0.270 e. The second kappa shape index (κ2) is 7.11. The Labute approximate surface area is 153 Å². The minimum absolute atomic E-state index is 0.104. The third-order valence-corrected chi connectivity index (χ3v) is 5.61. The number of carbonyl (C=O) groups excluding carboxylic acids is 1. The average molecular weight is 355 g/mol. The second-order valence-electron chi connectivity index (χ2n) is 7.41. The summed E-state index contributed by atoms with van der Waals surface area (Å²) < 4.78 is 13.6. The van der Waals surface area contributed by atoms with Crippen molar-refractivity contribution in [3.63, 3.8) is 0 Å². The molecule has 0 N–H and O–H groups in total. The van der Waals surface area contributed by atoms with E-state index in [4.69, 9.17) is 9.47 Å². The van der Waals surface area contributed by atoms with E-state index < -0.39 is 0 Å². The van der Waals surface area contributed by atoms with Crippen LogP contribution in [-0.4, -0.2) is 52.8 Å². The molecule has 2 aromatic rings. The molecule has 0 bridgehead atoms. The number of hydrogen-bond donors (Lipinski definition) is 0. The summed E-state index contributed by atoms with van der Waals surface area (Å²) in [6.45, 7) is 2.88. The van der Waals surface area contributed by atoms with Crippen molar-refractivity contribution in [2.75, 3.05) is 26.3 Å². The fourth-order valence-corrected chi connectivity index (χ4v) is 3.99. The van der Waals surface area contributed by atoms with E-state index in [9.17, 15) is 4.79 Å². The molecule has 138 valence electrons. The van der Waals surface area contributed by atoms with Crippen molar-refractivity contribution in [2.45, 2.75) is 25.4 Å². The molecule has 4 heterocycles.